The number of pyridine rings is 2. The molecule has 25 heavy (non-hydrogen) atoms. The molecule has 0 fully saturated rings. The molecule has 0 atom stereocenters. The highest BCUT2D eigenvalue weighted by molar-refractivity contribution is 7.17. The number of rotatable bonds is 3. The van der Waals surface area contributed by atoms with Gasteiger partial charge in [-0.25, -0.2) is 9.97 Å². The first-order valence-corrected chi connectivity index (χ1v) is 8.25. The molecule has 0 unspecified atom stereocenters. The highest BCUT2D eigenvalue weighted by atomic mass is 32.1. The minimum Gasteiger partial charge on any atom is -0.304 e. The highest BCUT2D eigenvalue weighted by Gasteiger charge is 2.17. The predicted octanol–water partition coefficient (Wildman–Crippen LogP) is 2.69. The minimum atomic E-state index is -0.532. The molecule has 122 valence electrons. The summed E-state index contributed by atoms with van der Waals surface area (Å²) in [4.78, 5) is 39.9. The Morgan fingerprint density at radius 3 is 2.60 bits per heavy atom. The zero-order valence-electron chi connectivity index (χ0n) is 12.8. The third kappa shape index (κ3) is 2.90. The second kappa shape index (κ2) is 6.25. The topological polar surface area (TPSA) is 101 Å². The van der Waals surface area contributed by atoms with Crippen LogP contribution in [0.1, 0.15) is 10.6 Å². The van der Waals surface area contributed by atoms with Crippen LogP contribution in [0.4, 0.5) is 5.82 Å². The summed E-state index contributed by atoms with van der Waals surface area (Å²) in [5, 5.41) is 4.42. The summed E-state index contributed by atoms with van der Waals surface area (Å²) in [5.74, 6) is -0.222. The maximum Gasteiger partial charge on any atom is 0.292 e. The van der Waals surface area contributed by atoms with E-state index in [1.165, 1.54) is 11.3 Å². The van der Waals surface area contributed by atoms with Gasteiger partial charge in [0.1, 0.15) is 10.5 Å². The lowest BCUT2D eigenvalue weighted by Gasteiger charge is -2.04. The number of fused-ring (bicyclic) bond motifs is 1. The largest absolute Gasteiger partial charge is 0.304 e. The fourth-order valence-corrected chi connectivity index (χ4v) is 3.24. The van der Waals surface area contributed by atoms with E-state index in [0.29, 0.717) is 21.7 Å². The Labute approximate surface area is 145 Å². The number of hydrogen-bond acceptors (Lipinski definition) is 6. The van der Waals surface area contributed by atoms with Gasteiger partial charge in [-0.15, -0.1) is 11.3 Å². The van der Waals surface area contributed by atoms with Crippen LogP contribution in [-0.4, -0.2) is 25.8 Å². The van der Waals surface area contributed by atoms with Crippen LogP contribution in [0, 0.1) is 0 Å². The van der Waals surface area contributed by atoms with Gasteiger partial charge in [-0.3, -0.25) is 14.6 Å². The molecule has 0 spiro atoms. The maximum absolute atomic E-state index is 12.4. The molecule has 4 heterocycles. The standard InChI is InChI=1S/C17H11N5O2S/c23-16-14-13(10(9-25-14)11-5-1-3-7-18-11)21-15(22-16)17(24)20-12-6-2-4-8-19-12/h1-9H,(H,19,20,24)(H,21,22,23). The van der Waals surface area contributed by atoms with E-state index in [9.17, 15) is 9.59 Å². The number of nitrogens with one attached hydrogen (secondary N) is 2. The molecule has 1 amide bonds. The summed E-state index contributed by atoms with van der Waals surface area (Å²) in [6.07, 6.45) is 3.23. The van der Waals surface area contributed by atoms with Crippen molar-refractivity contribution < 1.29 is 4.79 Å². The first-order valence-electron chi connectivity index (χ1n) is 7.37. The van der Waals surface area contributed by atoms with E-state index in [0.717, 1.165) is 5.56 Å². The molecule has 2 N–H and O–H groups in total. The van der Waals surface area contributed by atoms with Crippen molar-refractivity contribution in [1.29, 1.82) is 0 Å². The molecule has 0 saturated carbocycles. The first-order chi connectivity index (χ1) is 12.2. The van der Waals surface area contributed by atoms with Crippen LogP contribution in [0.25, 0.3) is 21.5 Å². The Balaban J connectivity index is 1.78. The Morgan fingerprint density at radius 1 is 1.08 bits per heavy atom. The SMILES string of the molecule is O=C(Nc1ccccn1)c1nc2c(-c3ccccn3)csc2c(=O)[nH]1. The van der Waals surface area contributed by atoms with Crippen LogP contribution in [0.15, 0.2) is 59.0 Å². The predicted molar refractivity (Wildman–Crippen MR) is 95.7 cm³/mol. The number of carbonyl (C=O) groups is 1. The zero-order valence-corrected chi connectivity index (χ0v) is 13.6. The van der Waals surface area contributed by atoms with Gasteiger partial charge in [-0.1, -0.05) is 12.1 Å². The van der Waals surface area contributed by atoms with Crippen LogP contribution in [-0.2, 0) is 0 Å². The van der Waals surface area contributed by atoms with Gasteiger partial charge >= 0.3 is 0 Å². The van der Waals surface area contributed by atoms with Gasteiger partial charge in [0.25, 0.3) is 11.5 Å². The first kappa shape index (κ1) is 15.2. The number of aromatic nitrogens is 4. The molecule has 0 radical (unpaired) electrons. The van der Waals surface area contributed by atoms with E-state index in [1.54, 1.807) is 30.6 Å². The Kier molecular flexibility index (Phi) is 3.79. The smallest absolute Gasteiger partial charge is 0.292 e. The average molecular weight is 349 g/mol. The molecule has 0 aliphatic heterocycles. The van der Waals surface area contributed by atoms with E-state index in [1.807, 2.05) is 23.6 Å². The molecular formula is C17H11N5O2S. The third-order valence-corrected chi connectivity index (χ3v) is 4.46. The van der Waals surface area contributed by atoms with Gasteiger partial charge in [0.15, 0.2) is 5.82 Å². The molecule has 4 aromatic rings. The van der Waals surface area contributed by atoms with E-state index >= 15 is 0 Å². The highest BCUT2D eigenvalue weighted by Crippen LogP contribution is 2.29. The summed E-state index contributed by atoms with van der Waals surface area (Å²) in [6, 6.07) is 10.6. The summed E-state index contributed by atoms with van der Waals surface area (Å²) in [7, 11) is 0. The van der Waals surface area contributed by atoms with Crippen molar-refractivity contribution in [2.75, 3.05) is 5.32 Å². The van der Waals surface area contributed by atoms with Crippen molar-refractivity contribution >= 4 is 33.3 Å². The van der Waals surface area contributed by atoms with E-state index < -0.39 is 5.91 Å². The van der Waals surface area contributed by atoms with Gasteiger partial charge in [-0.05, 0) is 24.3 Å². The lowest BCUT2D eigenvalue weighted by atomic mass is 10.2. The van der Waals surface area contributed by atoms with Crippen LogP contribution >= 0.6 is 11.3 Å². The zero-order chi connectivity index (χ0) is 17.2. The summed E-state index contributed by atoms with van der Waals surface area (Å²) >= 11 is 1.27. The summed E-state index contributed by atoms with van der Waals surface area (Å²) in [5.41, 5.74) is 1.52. The van der Waals surface area contributed by atoms with E-state index in [4.69, 9.17) is 0 Å². The molecule has 7 nitrogen and oxygen atoms in total. The van der Waals surface area contributed by atoms with Gasteiger partial charge in [0, 0.05) is 23.3 Å². The molecule has 0 aliphatic rings. The Bertz CT molecular complexity index is 1110. The molecule has 0 bridgehead atoms. The second-order valence-corrected chi connectivity index (χ2v) is 6.01. The third-order valence-electron chi connectivity index (χ3n) is 3.49. The molecule has 8 heteroatoms. The number of anilines is 1. The van der Waals surface area contributed by atoms with Crippen molar-refractivity contribution in [2.45, 2.75) is 0 Å². The average Bonchev–Trinajstić information content (AvgIpc) is 3.08. The number of amides is 1. The molecule has 0 aromatic carbocycles. The number of nitrogens with zero attached hydrogens (tertiary/aromatic N) is 3. The number of hydrogen-bond donors (Lipinski definition) is 2. The minimum absolute atomic E-state index is 0.0706. The lowest BCUT2D eigenvalue weighted by Crippen LogP contribution is -2.21. The van der Waals surface area contributed by atoms with Crippen LogP contribution in [0.2, 0.25) is 0 Å². The summed E-state index contributed by atoms with van der Waals surface area (Å²) < 4.78 is 0.454. The quantitative estimate of drug-likeness (QED) is 0.592. The van der Waals surface area contributed by atoms with Crippen molar-refractivity contribution in [3.05, 3.63) is 70.4 Å². The molecule has 4 rings (SSSR count). The molecule has 0 aliphatic carbocycles. The number of carbonyl (C=O) groups excluding carboxylic acids is 1. The van der Waals surface area contributed by atoms with Gasteiger partial charge in [0.2, 0.25) is 0 Å². The Hall–Kier alpha value is -3.39. The number of H-pyrrole nitrogens is 1. The van der Waals surface area contributed by atoms with Crippen LogP contribution in [0.5, 0.6) is 0 Å². The van der Waals surface area contributed by atoms with E-state index in [2.05, 4.69) is 25.3 Å². The lowest BCUT2D eigenvalue weighted by molar-refractivity contribution is 0.101. The normalized spacial score (nSPS) is 10.7. The van der Waals surface area contributed by atoms with Gasteiger partial charge in [-0.2, -0.15) is 0 Å². The van der Waals surface area contributed by atoms with Crippen molar-refractivity contribution in [3.8, 4) is 11.3 Å². The van der Waals surface area contributed by atoms with Crippen molar-refractivity contribution in [1.82, 2.24) is 19.9 Å². The maximum atomic E-state index is 12.4. The van der Waals surface area contributed by atoms with Crippen LogP contribution < -0.4 is 10.9 Å². The molecule has 0 saturated heterocycles. The fraction of sp³-hybridized carbons (Fsp3) is 0. The van der Waals surface area contributed by atoms with Gasteiger partial charge < -0.3 is 10.3 Å². The second-order valence-electron chi connectivity index (χ2n) is 5.13. The van der Waals surface area contributed by atoms with Gasteiger partial charge in [0.05, 0.1) is 11.2 Å². The number of aromatic amines is 1. The van der Waals surface area contributed by atoms with E-state index in [-0.39, 0.29) is 11.4 Å². The summed E-state index contributed by atoms with van der Waals surface area (Å²) in [6.45, 7) is 0. The van der Waals surface area contributed by atoms with Crippen molar-refractivity contribution in [3.63, 3.8) is 0 Å². The number of thiophene rings is 1. The van der Waals surface area contributed by atoms with Crippen molar-refractivity contribution in [2.24, 2.45) is 0 Å². The molecular weight excluding hydrogens is 338 g/mol. The van der Waals surface area contributed by atoms with Crippen LogP contribution in [0.3, 0.4) is 0 Å². The fourth-order valence-electron chi connectivity index (χ4n) is 2.35. The molecule has 4 aromatic heterocycles. The Morgan fingerprint density at radius 2 is 1.88 bits per heavy atom. The monoisotopic (exact) mass is 349 g/mol.